The van der Waals surface area contributed by atoms with Crippen LogP contribution in [-0.4, -0.2) is 25.1 Å². The molecule has 0 aliphatic heterocycles. The molecule has 3 rings (SSSR count). The molecule has 1 aromatic rings. The number of halogens is 2. The van der Waals surface area contributed by atoms with E-state index >= 15 is 0 Å². The van der Waals surface area contributed by atoms with Crippen molar-refractivity contribution in [2.45, 2.75) is 38.1 Å². The van der Waals surface area contributed by atoms with Crippen LogP contribution in [0.15, 0.2) is 28.7 Å². The number of hydrogen-bond donors (Lipinski definition) is 2. The summed E-state index contributed by atoms with van der Waals surface area (Å²) in [5.74, 6) is 2.21. The Morgan fingerprint density at radius 3 is 2.46 bits per heavy atom. The highest BCUT2D eigenvalue weighted by Crippen LogP contribution is 2.41. The van der Waals surface area contributed by atoms with E-state index in [1.165, 1.54) is 19.3 Å². The predicted octanol–water partition coefficient (Wildman–Crippen LogP) is 3.52. The van der Waals surface area contributed by atoms with Crippen molar-refractivity contribution in [2.24, 2.45) is 23.5 Å². The van der Waals surface area contributed by atoms with Crippen LogP contribution in [0.4, 0.5) is 0 Å². The molecule has 2 fully saturated rings. The maximum atomic E-state index is 12.4. The zero-order valence-electron chi connectivity index (χ0n) is 13.7. The summed E-state index contributed by atoms with van der Waals surface area (Å²) in [5.41, 5.74) is 6.29. The summed E-state index contributed by atoms with van der Waals surface area (Å²) in [5, 5.41) is 3.02. The van der Waals surface area contributed by atoms with Crippen LogP contribution in [-0.2, 0) is 4.79 Å². The molecule has 2 saturated carbocycles. The third-order valence-corrected chi connectivity index (χ3v) is 5.80. The third kappa shape index (κ3) is 4.87. The van der Waals surface area contributed by atoms with Crippen molar-refractivity contribution >= 4 is 34.2 Å². The monoisotopic (exact) mass is 416 g/mol. The molecule has 24 heavy (non-hydrogen) atoms. The molecule has 2 aliphatic rings. The zero-order chi connectivity index (χ0) is 16.2. The smallest absolute Gasteiger partial charge is 0.223 e. The Balaban J connectivity index is 0.00000208. The molecule has 0 aromatic heterocycles. The fraction of sp³-hybridized carbons (Fsp3) is 0.611. The third-order valence-electron chi connectivity index (χ3n) is 5.27. The Bertz CT molecular complexity index is 526. The molecule has 0 saturated heterocycles. The molecule has 0 heterocycles. The molecule has 4 nitrogen and oxygen atoms in total. The molecule has 0 spiro atoms. The van der Waals surface area contributed by atoms with Gasteiger partial charge in [-0.15, -0.1) is 12.4 Å². The van der Waals surface area contributed by atoms with Crippen LogP contribution in [0.1, 0.15) is 32.1 Å². The molecule has 6 heteroatoms. The minimum atomic E-state index is 0. The molecule has 1 aromatic carbocycles. The van der Waals surface area contributed by atoms with E-state index in [0.29, 0.717) is 31.0 Å². The van der Waals surface area contributed by atoms with E-state index in [0.717, 1.165) is 23.1 Å². The molecule has 2 unspecified atom stereocenters. The molecule has 134 valence electrons. The number of nitrogens with two attached hydrogens (primary N) is 1. The van der Waals surface area contributed by atoms with E-state index in [9.17, 15) is 4.79 Å². The van der Waals surface area contributed by atoms with Gasteiger partial charge in [-0.05, 0) is 61.8 Å². The Kier molecular flexibility index (Phi) is 7.38. The summed E-state index contributed by atoms with van der Waals surface area (Å²) in [6, 6.07) is 8.02. The zero-order valence-corrected chi connectivity index (χ0v) is 16.2. The average Bonchev–Trinajstić information content (AvgIpc) is 2.53. The van der Waals surface area contributed by atoms with Crippen LogP contribution in [0.25, 0.3) is 0 Å². The molecule has 3 N–H and O–H groups in total. The van der Waals surface area contributed by atoms with Crippen LogP contribution in [0.3, 0.4) is 0 Å². The standard InChI is InChI=1S/C18H25BrN2O2.ClH/c19-15-4-6-16(7-5-15)23-9-8-21-18(22)14-10-12-2-1-3-13(11-14)17(12)20;/h4-7,12-14,17H,1-3,8-11,20H2,(H,21,22);1H. The quantitative estimate of drug-likeness (QED) is 0.720. The van der Waals surface area contributed by atoms with E-state index in [-0.39, 0.29) is 24.2 Å². The molecule has 1 amide bonds. The van der Waals surface area contributed by atoms with Gasteiger partial charge in [0.25, 0.3) is 0 Å². The Morgan fingerprint density at radius 1 is 1.21 bits per heavy atom. The lowest BCUT2D eigenvalue weighted by Crippen LogP contribution is -2.49. The summed E-state index contributed by atoms with van der Waals surface area (Å²) < 4.78 is 6.66. The van der Waals surface area contributed by atoms with Crippen molar-refractivity contribution < 1.29 is 9.53 Å². The molecule has 0 radical (unpaired) electrons. The Hall–Kier alpha value is -0.780. The number of fused-ring (bicyclic) bond motifs is 2. The maximum absolute atomic E-state index is 12.4. The number of hydrogen-bond acceptors (Lipinski definition) is 3. The largest absolute Gasteiger partial charge is 0.492 e. The fourth-order valence-electron chi connectivity index (χ4n) is 4.02. The van der Waals surface area contributed by atoms with Crippen molar-refractivity contribution in [3.05, 3.63) is 28.7 Å². The highest BCUT2D eigenvalue weighted by Gasteiger charge is 2.40. The number of amides is 1. The van der Waals surface area contributed by atoms with Crippen LogP contribution in [0.2, 0.25) is 0 Å². The highest BCUT2D eigenvalue weighted by molar-refractivity contribution is 9.10. The molecular formula is C18H26BrClN2O2. The van der Waals surface area contributed by atoms with Crippen LogP contribution >= 0.6 is 28.3 Å². The van der Waals surface area contributed by atoms with Gasteiger partial charge in [-0.25, -0.2) is 0 Å². The first-order valence-corrected chi connectivity index (χ1v) is 9.34. The summed E-state index contributed by atoms with van der Waals surface area (Å²) in [7, 11) is 0. The fourth-order valence-corrected chi connectivity index (χ4v) is 4.29. The van der Waals surface area contributed by atoms with Crippen LogP contribution in [0.5, 0.6) is 5.75 Å². The highest BCUT2D eigenvalue weighted by atomic mass is 79.9. The lowest BCUT2D eigenvalue weighted by atomic mass is 9.65. The number of nitrogens with one attached hydrogen (secondary N) is 1. The van der Waals surface area contributed by atoms with Crippen molar-refractivity contribution in [2.75, 3.05) is 13.2 Å². The lowest BCUT2D eigenvalue weighted by Gasteiger charge is -2.43. The van der Waals surface area contributed by atoms with Gasteiger partial charge in [0, 0.05) is 16.4 Å². The average molecular weight is 418 g/mol. The summed E-state index contributed by atoms with van der Waals surface area (Å²) in [6.07, 6.45) is 5.56. The van der Waals surface area contributed by atoms with Crippen molar-refractivity contribution in [1.82, 2.24) is 5.32 Å². The maximum Gasteiger partial charge on any atom is 0.223 e. The van der Waals surface area contributed by atoms with Gasteiger partial charge < -0.3 is 15.8 Å². The van der Waals surface area contributed by atoms with Crippen molar-refractivity contribution in [3.63, 3.8) is 0 Å². The minimum Gasteiger partial charge on any atom is -0.492 e. The first-order chi connectivity index (χ1) is 11.1. The second-order valence-electron chi connectivity index (χ2n) is 6.79. The van der Waals surface area contributed by atoms with E-state index in [1.807, 2.05) is 24.3 Å². The van der Waals surface area contributed by atoms with Gasteiger partial charge >= 0.3 is 0 Å². The first-order valence-electron chi connectivity index (χ1n) is 8.55. The first kappa shape index (κ1) is 19.5. The molecule has 2 aliphatic carbocycles. The van der Waals surface area contributed by atoms with Gasteiger partial charge in [-0.1, -0.05) is 22.4 Å². The summed E-state index contributed by atoms with van der Waals surface area (Å²) >= 11 is 3.39. The van der Waals surface area contributed by atoms with E-state index in [2.05, 4.69) is 21.2 Å². The number of carbonyl (C=O) groups is 1. The Labute approximate surface area is 158 Å². The van der Waals surface area contributed by atoms with E-state index < -0.39 is 0 Å². The summed E-state index contributed by atoms with van der Waals surface area (Å²) in [6.45, 7) is 1.04. The van der Waals surface area contributed by atoms with Gasteiger partial charge in [-0.2, -0.15) is 0 Å². The second kappa shape index (κ2) is 9.07. The second-order valence-corrected chi connectivity index (χ2v) is 7.71. The van der Waals surface area contributed by atoms with Crippen molar-refractivity contribution in [3.8, 4) is 5.75 Å². The van der Waals surface area contributed by atoms with Crippen molar-refractivity contribution in [1.29, 1.82) is 0 Å². The van der Waals surface area contributed by atoms with Gasteiger partial charge in [0.15, 0.2) is 0 Å². The molecular weight excluding hydrogens is 392 g/mol. The minimum absolute atomic E-state index is 0. The van der Waals surface area contributed by atoms with Crippen LogP contribution < -0.4 is 15.8 Å². The number of rotatable bonds is 5. The van der Waals surface area contributed by atoms with Gasteiger partial charge in [0.1, 0.15) is 12.4 Å². The summed E-state index contributed by atoms with van der Waals surface area (Å²) in [4.78, 5) is 12.4. The predicted molar refractivity (Wildman–Crippen MR) is 101 cm³/mol. The molecule has 2 bridgehead atoms. The van der Waals surface area contributed by atoms with Gasteiger partial charge in [-0.3, -0.25) is 4.79 Å². The van der Waals surface area contributed by atoms with E-state index in [1.54, 1.807) is 0 Å². The SMILES string of the molecule is Cl.NC1C2CCCC1CC(C(=O)NCCOc1ccc(Br)cc1)C2. The number of ether oxygens (including phenoxy) is 1. The van der Waals surface area contributed by atoms with Gasteiger partial charge in [0.05, 0.1) is 6.54 Å². The Morgan fingerprint density at radius 2 is 1.83 bits per heavy atom. The van der Waals surface area contributed by atoms with Gasteiger partial charge in [0.2, 0.25) is 5.91 Å². The van der Waals surface area contributed by atoms with Crippen LogP contribution in [0, 0.1) is 17.8 Å². The topological polar surface area (TPSA) is 64.4 Å². The molecule has 2 atom stereocenters. The lowest BCUT2D eigenvalue weighted by molar-refractivity contribution is -0.128. The normalized spacial score (nSPS) is 28.6. The number of carbonyl (C=O) groups excluding carboxylic acids is 1. The van der Waals surface area contributed by atoms with E-state index in [4.69, 9.17) is 10.5 Å². The number of benzene rings is 1.